The van der Waals surface area contributed by atoms with Crippen molar-refractivity contribution in [3.8, 4) is 5.75 Å². The first-order chi connectivity index (χ1) is 18.2. The lowest BCUT2D eigenvalue weighted by molar-refractivity contribution is -0.138. The summed E-state index contributed by atoms with van der Waals surface area (Å²) in [5.41, 5.74) is 4.33. The molecular formula is C27H38ClFN4O5. The lowest BCUT2D eigenvalue weighted by atomic mass is 9.59. The van der Waals surface area contributed by atoms with Gasteiger partial charge in [-0.2, -0.15) is 11.0 Å². The molecule has 1 saturated heterocycles. The minimum absolute atomic E-state index is 0.0217. The van der Waals surface area contributed by atoms with Crippen LogP contribution in [0.1, 0.15) is 83.5 Å². The number of benzene rings is 1. The summed E-state index contributed by atoms with van der Waals surface area (Å²) in [6, 6.07) is 3.48. The quantitative estimate of drug-likeness (QED) is 0.367. The van der Waals surface area contributed by atoms with E-state index >= 15 is 0 Å². The molecule has 38 heavy (non-hydrogen) atoms. The Labute approximate surface area is 227 Å². The standard InChI is InChI=1S/C27H38ClFN4O5/c28-19-8-7-18(15-20(19)29)37-17-22(35)30-26-13-11-25(12-14-26,16-21(26)34)31-24(36)23-27(33-38-32-23)9-5-3-1-2-4-6-10-27/h7-8,15,21,23,32-34H,1-6,9-14,16-17H2,(H,30,35)(H,31,36). The molecule has 1 heterocycles. The summed E-state index contributed by atoms with van der Waals surface area (Å²) >= 11 is 5.69. The summed E-state index contributed by atoms with van der Waals surface area (Å²) < 4.78 is 19.1. The van der Waals surface area contributed by atoms with Crippen LogP contribution in [0.3, 0.4) is 0 Å². The molecule has 1 aliphatic heterocycles. The Hall–Kier alpha value is -1.98. The number of halogens is 2. The average molecular weight is 553 g/mol. The van der Waals surface area contributed by atoms with E-state index in [1.54, 1.807) is 0 Å². The smallest absolute Gasteiger partial charge is 0.258 e. The fraction of sp³-hybridized carbons (Fsp3) is 0.704. The van der Waals surface area contributed by atoms with Crippen LogP contribution in [0.4, 0.5) is 4.39 Å². The highest BCUT2D eigenvalue weighted by Crippen LogP contribution is 2.47. The molecular weight excluding hydrogens is 515 g/mol. The number of amides is 2. The van der Waals surface area contributed by atoms with Gasteiger partial charge in [-0.1, -0.05) is 50.1 Å². The molecule has 1 spiro atoms. The molecule has 5 aliphatic rings. The lowest BCUT2D eigenvalue weighted by Crippen LogP contribution is -2.71. The van der Waals surface area contributed by atoms with Gasteiger partial charge in [0.1, 0.15) is 17.6 Å². The normalized spacial score (nSPS) is 32.7. The number of carbonyl (C=O) groups is 2. The predicted molar refractivity (Wildman–Crippen MR) is 139 cm³/mol. The van der Waals surface area contributed by atoms with Crippen LogP contribution in [0.25, 0.3) is 0 Å². The van der Waals surface area contributed by atoms with E-state index in [0.717, 1.165) is 44.6 Å². The molecule has 5 N–H and O–H groups in total. The maximum atomic E-state index is 13.6. The van der Waals surface area contributed by atoms with E-state index in [-0.39, 0.29) is 23.3 Å². The molecule has 2 atom stereocenters. The molecule has 0 radical (unpaired) electrons. The summed E-state index contributed by atoms with van der Waals surface area (Å²) in [7, 11) is 0. The monoisotopic (exact) mass is 552 g/mol. The van der Waals surface area contributed by atoms with Gasteiger partial charge in [0, 0.05) is 11.6 Å². The molecule has 4 aliphatic carbocycles. The van der Waals surface area contributed by atoms with E-state index in [0.29, 0.717) is 32.1 Å². The van der Waals surface area contributed by atoms with Crippen molar-refractivity contribution in [2.75, 3.05) is 6.61 Å². The zero-order chi connectivity index (χ0) is 26.8. The van der Waals surface area contributed by atoms with Gasteiger partial charge in [0.05, 0.1) is 22.2 Å². The van der Waals surface area contributed by atoms with Gasteiger partial charge >= 0.3 is 0 Å². The molecule has 1 aromatic rings. The third kappa shape index (κ3) is 5.65. The first-order valence-corrected chi connectivity index (χ1v) is 14.2. The summed E-state index contributed by atoms with van der Waals surface area (Å²) in [6.07, 6.45) is 10.5. The van der Waals surface area contributed by atoms with E-state index in [4.69, 9.17) is 21.3 Å². The van der Waals surface area contributed by atoms with Crippen LogP contribution in [0, 0.1) is 5.82 Å². The van der Waals surface area contributed by atoms with Crippen molar-refractivity contribution in [1.29, 1.82) is 0 Å². The average Bonchev–Trinajstić information content (AvgIpc) is 3.35. The number of nitrogens with one attached hydrogen (secondary N) is 4. The summed E-state index contributed by atoms with van der Waals surface area (Å²) in [5, 5.41) is 17.3. The van der Waals surface area contributed by atoms with Crippen molar-refractivity contribution in [2.45, 2.75) is 112 Å². The Morgan fingerprint density at radius 2 is 1.74 bits per heavy atom. The second kappa shape index (κ2) is 11.3. The van der Waals surface area contributed by atoms with Gasteiger partial charge < -0.3 is 20.5 Å². The Morgan fingerprint density at radius 3 is 2.39 bits per heavy atom. The van der Waals surface area contributed by atoms with Gasteiger partial charge in [-0.3, -0.25) is 9.59 Å². The number of rotatable bonds is 6. The third-order valence-corrected chi connectivity index (χ3v) is 9.41. The van der Waals surface area contributed by atoms with Crippen molar-refractivity contribution >= 4 is 23.4 Å². The van der Waals surface area contributed by atoms with Crippen molar-refractivity contribution < 1.29 is 28.8 Å². The lowest BCUT2D eigenvalue weighted by Gasteiger charge is -2.56. The van der Waals surface area contributed by atoms with Crippen LogP contribution in [-0.4, -0.2) is 52.3 Å². The molecule has 9 nitrogen and oxygen atoms in total. The van der Waals surface area contributed by atoms with E-state index in [1.165, 1.54) is 25.0 Å². The van der Waals surface area contributed by atoms with Crippen LogP contribution < -0.4 is 26.3 Å². The van der Waals surface area contributed by atoms with E-state index in [1.807, 2.05) is 0 Å². The Bertz CT molecular complexity index is 1020. The fourth-order valence-corrected chi connectivity index (χ4v) is 6.91. The van der Waals surface area contributed by atoms with Gasteiger partial charge in [-0.05, 0) is 57.1 Å². The molecule has 4 saturated carbocycles. The summed E-state index contributed by atoms with van der Waals surface area (Å²) in [4.78, 5) is 31.7. The third-order valence-electron chi connectivity index (χ3n) is 9.10. The minimum atomic E-state index is -0.813. The van der Waals surface area contributed by atoms with E-state index in [2.05, 4.69) is 21.6 Å². The highest BCUT2D eigenvalue weighted by Gasteiger charge is 2.57. The number of aliphatic hydroxyl groups is 1. The number of hydrogen-bond acceptors (Lipinski definition) is 7. The number of hydrogen-bond donors (Lipinski definition) is 5. The largest absolute Gasteiger partial charge is 0.484 e. The van der Waals surface area contributed by atoms with Crippen LogP contribution >= 0.6 is 11.6 Å². The Morgan fingerprint density at radius 1 is 1.05 bits per heavy atom. The van der Waals surface area contributed by atoms with Crippen molar-refractivity contribution in [1.82, 2.24) is 21.6 Å². The van der Waals surface area contributed by atoms with Crippen LogP contribution in [0.5, 0.6) is 5.75 Å². The molecule has 6 rings (SSSR count). The van der Waals surface area contributed by atoms with Gasteiger partial charge in [0.15, 0.2) is 6.61 Å². The highest BCUT2D eigenvalue weighted by molar-refractivity contribution is 6.30. The van der Waals surface area contributed by atoms with Crippen molar-refractivity contribution in [2.24, 2.45) is 0 Å². The SMILES string of the molecule is O=C(COc1ccc(Cl)c(F)c1)NC12CCC(NC(=O)C3NONC34CCCCCCCC4)(CC1)CC2O. The first kappa shape index (κ1) is 27.6. The number of ether oxygens (including phenoxy) is 1. The molecule has 0 aromatic heterocycles. The Balaban J connectivity index is 1.17. The van der Waals surface area contributed by atoms with Crippen LogP contribution in [0.2, 0.25) is 5.02 Å². The van der Waals surface area contributed by atoms with Gasteiger partial charge in [0.2, 0.25) is 5.91 Å². The van der Waals surface area contributed by atoms with E-state index in [9.17, 15) is 19.1 Å². The molecule has 210 valence electrons. The summed E-state index contributed by atoms with van der Waals surface area (Å²) in [6.45, 7) is -0.306. The maximum absolute atomic E-state index is 13.6. The van der Waals surface area contributed by atoms with Crippen LogP contribution in [0.15, 0.2) is 18.2 Å². The van der Waals surface area contributed by atoms with Crippen molar-refractivity contribution in [3.63, 3.8) is 0 Å². The predicted octanol–water partition coefficient (Wildman–Crippen LogP) is 3.19. The summed E-state index contributed by atoms with van der Waals surface area (Å²) in [5.74, 6) is -0.921. The van der Waals surface area contributed by atoms with Crippen molar-refractivity contribution in [3.05, 3.63) is 29.0 Å². The highest BCUT2D eigenvalue weighted by atomic mass is 35.5. The number of aliphatic hydroxyl groups excluding tert-OH is 1. The molecule has 5 fully saturated rings. The second-order valence-corrected chi connectivity index (χ2v) is 12.0. The van der Waals surface area contributed by atoms with Gasteiger partial charge in [-0.15, -0.1) is 0 Å². The molecule has 2 amide bonds. The van der Waals surface area contributed by atoms with Gasteiger partial charge in [0.25, 0.3) is 5.91 Å². The number of hydroxylamine groups is 2. The van der Waals surface area contributed by atoms with E-state index < -0.39 is 40.5 Å². The minimum Gasteiger partial charge on any atom is -0.484 e. The number of carbonyl (C=O) groups excluding carboxylic acids is 2. The second-order valence-electron chi connectivity index (χ2n) is 11.6. The number of fused-ring (bicyclic) bond motifs is 3. The molecule has 2 bridgehead atoms. The molecule has 1 aromatic carbocycles. The Kier molecular flexibility index (Phi) is 8.17. The molecule has 2 unspecified atom stereocenters. The molecule has 11 heteroatoms. The van der Waals surface area contributed by atoms with Crippen LogP contribution in [-0.2, 0) is 14.5 Å². The van der Waals surface area contributed by atoms with Gasteiger partial charge in [-0.25, -0.2) is 9.33 Å². The zero-order valence-electron chi connectivity index (χ0n) is 21.6. The topological polar surface area (TPSA) is 121 Å². The zero-order valence-corrected chi connectivity index (χ0v) is 22.4. The maximum Gasteiger partial charge on any atom is 0.258 e. The fourth-order valence-electron chi connectivity index (χ4n) is 6.79. The first-order valence-electron chi connectivity index (χ1n) is 13.8.